The standard InChI is InChI=1S/C19H25NS/c1-12(2)10-20-11-18-19(13-6-7-13)16-8-14-4-3-5-15(14)9-17(16)21-18/h8-9,12-13,20H,3-7,10-11H2,1-2H3. The van der Waals surface area contributed by atoms with Gasteiger partial charge in [0.05, 0.1) is 0 Å². The molecule has 1 N–H and O–H groups in total. The molecule has 1 heterocycles. The molecule has 4 rings (SSSR count). The molecule has 0 radical (unpaired) electrons. The Bertz CT molecular complexity index is 664. The van der Waals surface area contributed by atoms with Crippen LogP contribution < -0.4 is 5.32 Å². The van der Waals surface area contributed by atoms with Crippen LogP contribution in [0.15, 0.2) is 12.1 Å². The predicted octanol–water partition coefficient (Wildman–Crippen LogP) is 5.01. The second-order valence-electron chi connectivity index (χ2n) is 7.21. The van der Waals surface area contributed by atoms with Crippen molar-refractivity contribution in [3.05, 3.63) is 33.7 Å². The van der Waals surface area contributed by atoms with Gasteiger partial charge in [0.1, 0.15) is 0 Å². The lowest BCUT2D eigenvalue weighted by molar-refractivity contribution is 0.554. The highest BCUT2D eigenvalue weighted by molar-refractivity contribution is 7.19. The Morgan fingerprint density at radius 3 is 2.67 bits per heavy atom. The number of rotatable bonds is 5. The average Bonchev–Trinajstić information content (AvgIpc) is 3.07. The minimum absolute atomic E-state index is 0.729. The molecule has 0 spiro atoms. The van der Waals surface area contributed by atoms with E-state index in [0.717, 1.165) is 24.9 Å². The number of nitrogens with one attached hydrogen (secondary N) is 1. The molecule has 0 amide bonds. The molecule has 2 heteroatoms. The van der Waals surface area contributed by atoms with Crippen LogP contribution in [0, 0.1) is 5.92 Å². The van der Waals surface area contributed by atoms with Crippen molar-refractivity contribution in [2.45, 2.75) is 58.4 Å². The summed E-state index contributed by atoms with van der Waals surface area (Å²) in [4.78, 5) is 1.61. The summed E-state index contributed by atoms with van der Waals surface area (Å²) in [6, 6.07) is 5.04. The summed E-state index contributed by atoms with van der Waals surface area (Å²) < 4.78 is 1.54. The van der Waals surface area contributed by atoms with E-state index in [9.17, 15) is 0 Å². The molecule has 0 aliphatic heterocycles. The number of hydrogen-bond donors (Lipinski definition) is 1. The second-order valence-corrected chi connectivity index (χ2v) is 8.35. The van der Waals surface area contributed by atoms with Gasteiger partial charge in [-0.1, -0.05) is 13.8 Å². The largest absolute Gasteiger partial charge is 0.312 e. The van der Waals surface area contributed by atoms with E-state index in [2.05, 4.69) is 31.3 Å². The first kappa shape index (κ1) is 13.8. The minimum Gasteiger partial charge on any atom is -0.312 e. The van der Waals surface area contributed by atoms with Gasteiger partial charge in [0.25, 0.3) is 0 Å². The number of fused-ring (bicyclic) bond motifs is 2. The molecule has 21 heavy (non-hydrogen) atoms. The molecule has 2 aliphatic carbocycles. The molecular formula is C19H25NS. The Labute approximate surface area is 131 Å². The molecule has 0 unspecified atom stereocenters. The van der Waals surface area contributed by atoms with Gasteiger partial charge in [-0.05, 0) is 84.7 Å². The number of benzene rings is 1. The van der Waals surface area contributed by atoms with E-state index >= 15 is 0 Å². The maximum Gasteiger partial charge on any atom is 0.0352 e. The van der Waals surface area contributed by atoms with Gasteiger partial charge in [-0.25, -0.2) is 0 Å². The monoisotopic (exact) mass is 299 g/mol. The van der Waals surface area contributed by atoms with Crippen LogP contribution in [0.2, 0.25) is 0 Å². The molecule has 1 aromatic heterocycles. The van der Waals surface area contributed by atoms with Gasteiger partial charge in [0.2, 0.25) is 0 Å². The zero-order valence-electron chi connectivity index (χ0n) is 13.2. The SMILES string of the molecule is CC(C)CNCc1sc2cc3c(cc2c1C1CC1)CCC3. The molecule has 1 fully saturated rings. The van der Waals surface area contributed by atoms with Gasteiger partial charge in [-0.3, -0.25) is 0 Å². The maximum atomic E-state index is 3.65. The van der Waals surface area contributed by atoms with Crippen LogP contribution in [0.4, 0.5) is 0 Å². The van der Waals surface area contributed by atoms with Gasteiger partial charge < -0.3 is 5.32 Å². The molecule has 112 valence electrons. The van der Waals surface area contributed by atoms with E-state index in [1.165, 1.54) is 32.1 Å². The normalized spacial score (nSPS) is 17.9. The van der Waals surface area contributed by atoms with E-state index in [1.807, 2.05) is 11.3 Å². The molecule has 0 bridgehead atoms. The third kappa shape index (κ3) is 2.64. The zero-order valence-corrected chi connectivity index (χ0v) is 14.0. The Balaban J connectivity index is 1.70. The van der Waals surface area contributed by atoms with Crippen LogP contribution >= 0.6 is 11.3 Å². The Morgan fingerprint density at radius 1 is 1.19 bits per heavy atom. The molecule has 1 aromatic carbocycles. The lowest BCUT2D eigenvalue weighted by Gasteiger charge is -2.08. The fourth-order valence-electron chi connectivity index (χ4n) is 3.66. The van der Waals surface area contributed by atoms with Gasteiger partial charge in [-0.2, -0.15) is 0 Å². The van der Waals surface area contributed by atoms with Gasteiger partial charge >= 0.3 is 0 Å². The molecule has 2 aliphatic rings. The summed E-state index contributed by atoms with van der Waals surface area (Å²) >= 11 is 2.05. The Kier molecular flexibility index (Phi) is 3.55. The quantitative estimate of drug-likeness (QED) is 0.818. The zero-order chi connectivity index (χ0) is 14.4. The number of thiophene rings is 1. The molecular weight excluding hydrogens is 274 g/mol. The van der Waals surface area contributed by atoms with Crippen LogP contribution in [0.25, 0.3) is 10.1 Å². The summed E-state index contributed by atoms with van der Waals surface area (Å²) in [5.41, 5.74) is 4.94. The van der Waals surface area contributed by atoms with Crippen LogP contribution in [0.1, 0.15) is 60.6 Å². The van der Waals surface area contributed by atoms with Crippen molar-refractivity contribution in [1.29, 1.82) is 0 Å². The summed E-state index contributed by atoms with van der Waals surface area (Å²) in [6.45, 7) is 6.75. The second kappa shape index (κ2) is 5.40. The highest BCUT2D eigenvalue weighted by Crippen LogP contribution is 2.48. The maximum absolute atomic E-state index is 3.65. The molecule has 0 atom stereocenters. The Morgan fingerprint density at radius 2 is 1.95 bits per heavy atom. The van der Waals surface area contributed by atoms with E-state index in [-0.39, 0.29) is 0 Å². The van der Waals surface area contributed by atoms with Gasteiger partial charge in [0.15, 0.2) is 0 Å². The van der Waals surface area contributed by atoms with Crippen LogP contribution in [0.3, 0.4) is 0 Å². The van der Waals surface area contributed by atoms with Crippen LogP contribution in [0.5, 0.6) is 0 Å². The first-order chi connectivity index (χ1) is 10.2. The molecule has 0 saturated heterocycles. The molecule has 2 aromatic rings. The first-order valence-corrected chi connectivity index (χ1v) is 9.32. The van der Waals surface area contributed by atoms with E-state index in [1.54, 1.807) is 31.7 Å². The highest BCUT2D eigenvalue weighted by Gasteiger charge is 2.30. The van der Waals surface area contributed by atoms with Crippen molar-refractivity contribution in [2.75, 3.05) is 6.54 Å². The van der Waals surface area contributed by atoms with Crippen molar-refractivity contribution in [3.8, 4) is 0 Å². The van der Waals surface area contributed by atoms with E-state index < -0.39 is 0 Å². The average molecular weight is 299 g/mol. The lowest BCUT2D eigenvalue weighted by Crippen LogP contribution is -2.18. The fraction of sp³-hybridized carbons (Fsp3) is 0.579. The van der Waals surface area contributed by atoms with Crippen molar-refractivity contribution in [2.24, 2.45) is 5.92 Å². The summed E-state index contributed by atoms with van der Waals surface area (Å²) in [6.07, 6.45) is 6.75. The number of aryl methyl sites for hydroxylation is 2. The predicted molar refractivity (Wildman–Crippen MR) is 92.4 cm³/mol. The smallest absolute Gasteiger partial charge is 0.0352 e. The minimum atomic E-state index is 0.729. The van der Waals surface area contributed by atoms with Crippen molar-refractivity contribution >= 4 is 21.4 Å². The van der Waals surface area contributed by atoms with Crippen LogP contribution in [-0.4, -0.2) is 6.54 Å². The highest BCUT2D eigenvalue weighted by atomic mass is 32.1. The lowest BCUT2D eigenvalue weighted by atomic mass is 10.0. The topological polar surface area (TPSA) is 12.0 Å². The van der Waals surface area contributed by atoms with Gasteiger partial charge in [0, 0.05) is 16.1 Å². The summed E-state index contributed by atoms with van der Waals surface area (Å²) in [7, 11) is 0. The summed E-state index contributed by atoms with van der Waals surface area (Å²) in [5, 5.41) is 5.24. The van der Waals surface area contributed by atoms with Gasteiger partial charge in [-0.15, -0.1) is 11.3 Å². The molecule has 1 saturated carbocycles. The van der Waals surface area contributed by atoms with Crippen molar-refractivity contribution in [3.63, 3.8) is 0 Å². The van der Waals surface area contributed by atoms with Crippen molar-refractivity contribution < 1.29 is 0 Å². The first-order valence-electron chi connectivity index (χ1n) is 8.50. The Hall–Kier alpha value is -0.860. The summed E-state index contributed by atoms with van der Waals surface area (Å²) in [5.74, 6) is 1.58. The molecule has 1 nitrogen and oxygen atoms in total. The van der Waals surface area contributed by atoms with E-state index in [0.29, 0.717) is 0 Å². The van der Waals surface area contributed by atoms with E-state index in [4.69, 9.17) is 0 Å². The fourth-order valence-corrected chi connectivity index (χ4v) is 4.97. The third-order valence-electron chi connectivity index (χ3n) is 4.84. The van der Waals surface area contributed by atoms with Crippen molar-refractivity contribution in [1.82, 2.24) is 5.32 Å². The third-order valence-corrected chi connectivity index (χ3v) is 6.01. The van der Waals surface area contributed by atoms with Crippen LogP contribution in [-0.2, 0) is 19.4 Å². The number of hydrogen-bond acceptors (Lipinski definition) is 2.